The summed E-state index contributed by atoms with van der Waals surface area (Å²) in [5.74, 6) is -3.05. The quantitative estimate of drug-likeness (QED) is 0.802. The van der Waals surface area contributed by atoms with Crippen LogP contribution >= 0.6 is 0 Å². The van der Waals surface area contributed by atoms with Crippen LogP contribution in [0.5, 0.6) is 0 Å². The fourth-order valence-electron chi connectivity index (χ4n) is 2.25. The molecule has 5 nitrogen and oxygen atoms in total. The van der Waals surface area contributed by atoms with Crippen LogP contribution in [-0.4, -0.2) is 22.0 Å². The molecule has 2 N–H and O–H groups in total. The molecular formula is C12H13FN2O3. The van der Waals surface area contributed by atoms with E-state index in [2.05, 4.69) is 10.3 Å². The average molecular weight is 252 g/mol. The molecule has 96 valence electrons. The second-order valence-corrected chi connectivity index (χ2v) is 4.34. The van der Waals surface area contributed by atoms with E-state index in [1.807, 2.05) is 0 Å². The first-order chi connectivity index (χ1) is 8.58. The molecular weight excluding hydrogens is 239 g/mol. The van der Waals surface area contributed by atoms with E-state index in [-0.39, 0.29) is 5.91 Å². The van der Waals surface area contributed by atoms with E-state index in [9.17, 15) is 14.0 Å². The van der Waals surface area contributed by atoms with Crippen LogP contribution in [0.4, 0.5) is 10.1 Å². The summed E-state index contributed by atoms with van der Waals surface area (Å²) >= 11 is 0. The summed E-state index contributed by atoms with van der Waals surface area (Å²) in [7, 11) is 0. The van der Waals surface area contributed by atoms with Gasteiger partial charge in [-0.25, -0.2) is 4.98 Å². The Balaban J connectivity index is 2.03. The van der Waals surface area contributed by atoms with Gasteiger partial charge in [-0.2, -0.15) is 4.39 Å². The third kappa shape index (κ3) is 2.64. The van der Waals surface area contributed by atoms with E-state index in [4.69, 9.17) is 5.11 Å². The van der Waals surface area contributed by atoms with Crippen molar-refractivity contribution in [2.45, 2.75) is 19.3 Å². The SMILES string of the molecule is O=C(O)C1CCCC1C(=O)Nc1ccc(F)nc1. The zero-order valence-electron chi connectivity index (χ0n) is 9.60. The Labute approximate surface area is 103 Å². The zero-order valence-corrected chi connectivity index (χ0v) is 9.60. The van der Waals surface area contributed by atoms with Crippen molar-refractivity contribution in [2.75, 3.05) is 5.32 Å². The second kappa shape index (κ2) is 5.12. The number of rotatable bonds is 3. The Morgan fingerprint density at radius 3 is 2.67 bits per heavy atom. The van der Waals surface area contributed by atoms with Crippen molar-refractivity contribution in [2.24, 2.45) is 11.8 Å². The smallest absolute Gasteiger partial charge is 0.307 e. The highest BCUT2D eigenvalue weighted by Gasteiger charge is 2.37. The van der Waals surface area contributed by atoms with Crippen molar-refractivity contribution in [1.82, 2.24) is 4.98 Å². The first kappa shape index (κ1) is 12.5. The van der Waals surface area contributed by atoms with Gasteiger partial charge in [-0.3, -0.25) is 9.59 Å². The number of aromatic nitrogens is 1. The van der Waals surface area contributed by atoms with Gasteiger partial charge >= 0.3 is 5.97 Å². The number of hydrogen-bond acceptors (Lipinski definition) is 3. The number of anilines is 1. The molecule has 6 heteroatoms. The molecule has 1 aromatic rings. The summed E-state index contributed by atoms with van der Waals surface area (Å²) in [6.45, 7) is 0. The molecule has 1 heterocycles. The number of carboxylic acid groups (broad SMARTS) is 1. The van der Waals surface area contributed by atoms with Gasteiger partial charge in [0.05, 0.1) is 23.7 Å². The van der Waals surface area contributed by atoms with Gasteiger partial charge in [0.25, 0.3) is 0 Å². The highest BCUT2D eigenvalue weighted by Crippen LogP contribution is 2.32. The van der Waals surface area contributed by atoms with Crippen molar-refractivity contribution in [1.29, 1.82) is 0 Å². The van der Waals surface area contributed by atoms with Gasteiger partial charge in [-0.15, -0.1) is 0 Å². The molecule has 2 rings (SSSR count). The van der Waals surface area contributed by atoms with Crippen molar-refractivity contribution < 1.29 is 19.1 Å². The van der Waals surface area contributed by atoms with Crippen LogP contribution in [-0.2, 0) is 9.59 Å². The lowest BCUT2D eigenvalue weighted by Crippen LogP contribution is -2.30. The molecule has 2 unspecified atom stereocenters. The minimum absolute atomic E-state index is 0.340. The molecule has 2 atom stereocenters. The number of nitrogens with zero attached hydrogens (tertiary/aromatic N) is 1. The Kier molecular flexibility index (Phi) is 3.55. The number of pyridine rings is 1. The van der Waals surface area contributed by atoms with Gasteiger partial charge < -0.3 is 10.4 Å². The molecule has 0 radical (unpaired) electrons. The molecule has 1 fully saturated rings. The maximum absolute atomic E-state index is 12.6. The lowest BCUT2D eigenvalue weighted by atomic mass is 9.95. The summed E-state index contributed by atoms with van der Waals surface area (Å²) in [5, 5.41) is 11.6. The Bertz CT molecular complexity index is 461. The Morgan fingerprint density at radius 2 is 2.06 bits per heavy atom. The number of aliphatic carboxylic acids is 1. The van der Waals surface area contributed by atoms with E-state index in [0.717, 1.165) is 12.5 Å². The highest BCUT2D eigenvalue weighted by atomic mass is 19.1. The lowest BCUT2D eigenvalue weighted by Gasteiger charge is -2.15. The number of hydrogen-bond donors (Lipinski definition) is 2. The number of halogens is 1. The van der Waals surface area contributed by atoms with Crippen LogP contribution < -0.4 is 5.32 Å². The molecule has 1 amide bonds. The molecule has 1 aliphatic rings. The molecule has 0 bridgehead atoms. The standard InChI is InChI=1S/C12H13FN2O3/c13-10-5-4-7(6-14-10)15-11(16)8-2-1-3-9(8)12(17)18/h4-6,8-9H,1-3H2,(H,15,16)(H,17,18). The van der Waals surface area contributed by atoms with Crippen LogP contribution in [0.3, 0.4) is 0 Å². The molecule has 1 aliphatic carbocycles. The monoisotopic (exact) mass is 252 g/mol. The first-order valence-corrected chi connectivity index (χ1v) is 5.73. The normalized spacial score (nSPS) is 22.7. The summed E-state index contributed by atoms with van der Waals surface area (Å²) in [6.07, 6.45) is 3.03. The van der Waals surface area contributed by atoms with Gasteiger partial charge in [-0.05, 0) is 25.0 Å². The molecule has 18 heavy (non-hydrogen) atoms. The number of carbonyl (C=O) groups is 2. The predicted octanol–water partition coefficient (Wildman–Crippen LogP) is 1.66. The third-order valence-electron chi connectivity index (χ3n) is 3.16. The highest BCUT2D eigenvalue weighted by molar-refractivity contribution is 5.95. The molecule has 0 aliphatic heterocycles. The van der Waals surface area contributed by atoms with E-state index < -0.39 is 23.8 Å². The molecule has 0 aromatic carbocycles. The maximum Gasteiger partial charge on any atom is 0.307 e. The zero-order chi connectivity index (χ0) is 13.1. The van der Waals surface area contributed by atoms with Crippen LogP contribution in [0.15, 0.2) is 18.3 Å². The van der Waals surface area contributed by atoms with Crippen molar-refractivity contribution in [3.05, 3.63) is 24.3 Å². The maximum atomic E-state index is 12.6. The fraction of sp³-hybridized carbons (Fsp3) is 0.417. The van der Waals surface area contributed by atoms with Crippen LogP contribution in [0, 0.1) is 17.8 Å². The molecule has 0 saturated heterocycles. The topological polar surface area (TPSA) is 79.3 Å². The average Bonchev–Trinajstić information content (AvgIpc) is 2.81. The van der Waals surface area contributed by atoms with E-state index in [1.54, 1.807) is 0 Å². The minimum atomic E-state index is -0.940. The largest absolute Gasteiger partial charge is 0.481 e. The Hall–Kier alpha value is -1.98. The van der Waals surface area contributed by atoms with Crippen molar-refractivity contribution in [3.8, 4) is 0 Å². The summed E-state index contributed by atoms with van der Waals surface area (Å²) in [5.41, 5.74) is 0.373. The summed E-state index contributed by atoms with van der Waals surface area (Å²) in [6, 6.07) is 2.53. The van der Waals surface area contributed by atoms with Crippen molar-refractivity contribution in [3.63, 3.8) is 0 Å². The number of amides is 1. The van der Waals surface area contributed by atoms with Crippen LogP contribution in [0.2, 0.25) is 0 Å². The van der Waals surface area contributed by atoms with Gasteiger partial charge in [0.15, 0.2) is 0 Å². The summed E-state index contributed by atoms with van der Waals surface area (Å²) < 4.78 is 12.6. The third-order valence-corrected chi connectivity index (χ3v) is 3.16. The lowest BCUT2D eigenvalue weighted by molar-refractivity contribution is -0.145. The molecule has 1 saturated carbocycles. The van der Waals surface area contributed by atoms with Gasteiger partial charge in [0.1, 0.15) is 0 Å². The fourth-order valence-corrected chi connectivity index (χ4v) is 2.25. The number of carboxylic acids is 1. The number of nitrogens with one attached hydrogen (secondary N) is 1. The summed E-state index contributed by atoms with van der Waals surface area (Å²) in [4.78, 5) is 26.3. The predicted molar refractivity (Wildman–Crippen MR) is 61.3 cm³/mol. The Morgan fingerprint density at radius 1 is 1.33 bits per heavy atom. The molecule has 0 spiro atoms. The second-order valence-electron chi connectivity index (χ2n) is 4.34. The molecule has 1 aromatic heterocycles. The van der Waals surface area contributed by atoms with Gasteiger partial charge in [0, 0.05) is 0 Å². The van der Waals surface area contributed by atoms with E-state index >= 15 is 0 Å². The van der Waals surface area contributed by atoms with E-state index in [0.29, 0.717) is 18.5 Å². The number of carbonyl (C=O) groups excluding carboxylic acids is 1. The van der Waals surface area contributed by atoms with Gasteiger partial charge in [0.2, 0.25) is 11.9 Å². The first-order valence-electron chi connectivity index (χ1n) is 5.73. The minimum Gasteiger partial charge on any atom is -0.481 e. The van der Waals surface area contributed by atoms with E-state index in [1.165, 1.54) is 12.3 Å². The van der Waals surface area contributed by atoms with Gasteiger partial charge in [-0.1, -0.05) is 6.42 Å². The van der Waals surface area contributed by atoms with Crippen LogP contribution in [0.25, 0.3) is 0 Å². The van der Waals surface area contributed by atoms with Crippen molar-refractivity contribution >= 4 is 17.6 Å². The van der Waals surface area contributed by atoms with Crippen LogP contribution in [0.1, 0.15) is 19.3 Å².